The molecule has 6 nitrogen and oxygen atoms in total. The van der Waals surface area contributed by atoms with E-state index in [1.54, 1.807) is 10.9 Å². The molecule has 0 aromatic carbocycles. The zero-order valence-corrected chi connectivity index (χ0v) is 17.8. The van der Waals surface area contributed by atoms with Crippen molar-refractivity contribution >= 4 is 11.4 Å². The third-order valence-corrected chi connectivity index (χ3v) is 5.70. The van der Waals surface area contributed by atoms with E-state index in [0.717, 1.165) is 59.4 Å². The van der Waals surface area contributed by atoms with E-state index >= 15 is 0 Å². The van der Waals surface area contributed by atoms with Crippen LogP contribution in [-0.4, -0.2) is 37.3 Å². The molecule has 0 amide bonds. The maximum atomic E-state index is 5.10. The van der Waals surface area contributed by atoms with Gasteiger partial charge in [0.25, 0.3) is 0 Å². The molecule has 29 heavy (non-hydrogen) atoms. The number of fused-ring (bicyclic) bond motifs is 1. The van der Waals surface area contributed by atoms with Gasteiger partial charge in [-0.25, -0.2) is 19.6 Å². The zero-order chi connectivity index (χ0) is 20.5. The Morgan fingerprint density at radius 2 is 1.90 bits per heavy atom. The molecule has 1 atom stereocenters. The van der Waals surface area contributed by atoms with E-state index in [-0.39, 0.29) is 0 Å². The number of hydrogen-bond acceptors (Lipinski definition) is 5. The van der Waals surface area contributed by atoms with Gasteiger partial charge in [-0.05, 0) is 57.4 Å². The third kappa shape index (κ3) is 3.43. The molecule has 0 saturated carbocycles. The number of pyridine rings is 1. The zero-order valence-electron chi connectivity index (χ0n) is 17.8. The van der Waals surface area contributed by atoms with Crippen molar-refractivity contribution < 1.29 is 0 Å². The molecule has 0 spiro atoms. The minimum Gasteiger partial charge on any atom is -0.348 e. The average molecular weight is 389 g/mol. The van der Waals surface area contributed by atoms with Gasteiger partial charge >= 0.3 is 0 Å². The molecular weight excluding hydrogens is 360 g/mol. The first-order chi connectivity index (χ1) is 14.0. The standard InChI is InChI=1S/C23H28N6/c1-6-16(4)28-14-11-15(3)21-23(28)25-17(5)22(27-21)18-9-10-20(26-19(18)7-2)29-13-8-12-24-29/h8-13,16H,6-7,14H2,1-5H3. The van der Waals surface area contributed by atoms with E-state index in [2.05, 4.69) is 49.8 Å². The Bertz CT molecular complexity index is 1050. The molecule has 4 rings (SSSR count). The number of nitrogens with zero attached hydrogens (tertiary/aromatic N) is 6. The van der Waals surface area contributed by atoms with E-state index in [1.165, 1.54) is 5.57 Å². The molecule has 4 heterocycles. The van der Waals surface area contributed by atoms with Crippen molar-refractivity contribution in [3.63, 3.8) is 0 Å². The fourth-order valence-electron chi connectivity index (χ4n) is 3.76. The molecule has 1 aliphatic heterocycles. The molecule has 3 aromatic heterocycles. The molecule has 6 heteroatoms. The summed E-state index contributed by atoms with van der Waals surface area (Å²) in [5, 5.41) is 4.30. The van der Waals surface area contributed by atoms with Crippen LogP contribution in [0.4, 0.5) is 5.82 Å². The lowest BCUT2D eigenvalue weighted by molar-refractivity contribution is 0.629. The number of rotatable bonds is 5. The first kappa shape index (κ1) is 19.3. The SMILES string of the molecule is CCc1nc(-n2cccn2)ccc1-c1nc2c(nc1C)N(C(C)CC)CC=C2C. The van der Waals surface area contributed by atoms with Crippen LogP contribution in [0, 0.1) is 6.92 Å². The van der Waals surface area contributed by atoms with Crippen LogP contribution in [0.15, 0.2) is 36.7 Å². The van der Waals surface area contributed by atoms with Crippen LogP contribution in [0.1, 0.15) is 51.2 Å². The summed E-state index contributed by atoms with van der Waals surface area (Å²) in [5.41, 5.74) is 6.08. The second-order valence-corrected chi connectivity index (χ2v) is 7.59. The molecule has 0 fully saturated rings. The first-order valence-corrected chi connectivity index (χ1v) is 10.4. The summed E-state index contributed by atoms with van der Waals surface area (Å²) in [6.45, 7) is 11.6. The van der Waals surface area contributed by atoms with Gasteiger partial charge in [-0.1, -0.05) is 19.9 Å². The van der Waals surface area contributed by atoms with Crippen molar-refractivity contribution in [3.8, 4) is 17.1 Å². The fraction of sp³-hybridized carbons (Fsp3) is 0.391. The Morgan fingerprint density at radius 1 is 1.07 bits per heavy atom. The smallest absolute Gasteiger partial charge is 0.155 e. The predicted octanol–water partition coefficient (Wildman–Crippen LogP) is 4.62. The highest BCUT2D eigenvalue weighted by atomic mass is 15.3. The molecular formula is C23H28N6. The lowest BCUT2D eigenvalue weighted by Gasteiger charge is -2.33. The Hall–Kier alpha value is -3.02. The molecule has 0 N–H and O–H groups in total. The highest BCUT2D eigenvalue weighted by Gasteiger charge is 2.25. The van der Waals surface area contributed by atoms with Crippen LogP contribution in [0.2, 0.25) is 0 Å². The second-order valence-electron chi connectivity index (χ2n) is 7.59. The van der Waals surface area contributed by atoms with Crippen LogP contribution in [0.25, 0.3) is 22.6 Å². The van der Waals surface area contributed by atoms with Crippen LogP contribution in [0.5, 0.6) is 0 Å². The second kappa shape index (κ2) is 7.78. The van der Waals surface area contributed by atoms with E-state index in [4.69, 9.17) is 15.0 Å². The number of anilines is 1. The predicted molar refractivity (Wildman–Crippen MR) is 117 cm³/mol. The number of aromatic nitrogens is 5. The molecule has 3 aromatic rings. The largest absolute Gasteiger partial charge is 0.348 e. The Kier molecular flexibility index (Phi) is 5.18. The fourth-order valence-corrected chi connectivity index (χ4v) is 3.76. The minimum absolute atomic E-state index is 0.430. The number of hydrogen-bond donors (Lipinski definition) is 0. The molecule has 1 aliphatic rings. The summed E-state index contributed by atoms with van der Waals surface area (Å²) in [4.78, 5) is 17.3. The van der Waals surface area contributed by atoms with Gasteiger partial charge < -0.3 is 4.90 Å². The lowest BCUT2D eigenvalue weighted by Crippen LogP contribution is -2.36. The van der Waals surface area contributed by atoms with Gasteiger partial charge in [-0.2, -0.15) is 5.10 Å². The van der Waals surface area contributed by atoms with Crippen molar-refractivity contribution in [2.75, 3.05) is 11.4 Å². The van der Waals surface area contributed by atoms with Gasteiger partial charge in [0.15, 0.2) is 11.6 Å². The van der Waals surface area contributed by atoms with E-state index < -0.39 is 0 Å². The highest BCUT2D eigenvalue weighted by Crippen LogP contribution is 2.34. The molecule has 1 unspecified atom stereocenters. The maximum absolute atomic E-state index is 5.10. The maximum Gasteiger partial charge on any atom is 0.155 e. The van der Waals surface area contributed by atoms with Gasteiger partial charge in [0.05, 0.1) is 17.1 Å². The number of allylic oxidation sites excluding steroid dienone is 1. The quantitative estimate of drug-likeness (QED) is 0.638. The summed E-state index contributed by atoms with van der Waals surface area (Å²) in [6.07, 6.45) is 7.81. The summed E-state index contributed by atoms with van der Waals surface area (Å²) >= 11 is 0. The van der Waals surface area contributed by atoms with E-state index in [9.17, 15) is 0 Å². The van der Waals surface area contributed by atoms with Crippen LogP contribution < -0.4 is 4.90 Å². The van der Waals surface area contributed by atoms with Gasteiger partial charge in [0, 0.05) is 30.5 Å². The average Bonchev–Trinajstić information content (AvgIpc) is 3.28. The van der Waals surface area contributed by atoms with E-state index in [1.807, 2.05) is 25.3 Å². The topological polar surface area (TPSA) is 59.7 Å². The van der Waals surface area contributed by atoms with Gasteiger partial charge in [-0.3, -0.25) is 0 Å². The van der Waals surface area contributed by atoms with Gasteiger partial charge in [0.1, 0.15) is 5.69 Å². The van der Waals surface area contributed by atoms with E-state index in [0.29, 0.717) is 6.04 Å². The Morgan fingerprint density at radius 3 is 2.59 bits per heavy atom. The van der Waals surface area contributed by atoms with Crippen molar-refractivity contribution in [3.05, 3.63) is 53.8 Å². The highest BCUT2D eigenvalue weighted by molar-refractivity contribution is 5.77. The molecule has 0 radical (unpaired) electrons. The molecule has 0 bridgehead atoms. The number of aryl methyl sites for hydroxylation is 2. The third-order valence-electron chi connectivity index (χ3n) is 5.70. The molecule has 0 saturated heterocycles. The van der Waals surface area contributed by atoms with Gasteiger partial charge in [-0.15, -0.1) is 0 Å². The summed E-state index contributed by atoms with van der Waals surface area (Å²) in [5.74, 6) is 1.82. The summed E-state index contributed by atoms with van der Waals surface area (Å²) in [6, 6.07) is 6.42. The Balaban J connectivity index is 1.83. The first-order valence-electron chi connectivity index (χ1n) is 10.4. The molecule has 150 valence electrons. The lowest BCUT2D eigenvalue weighted by atomic mass is 10.0. The van der Waals surface area contributed by atoms with Crippen molar-refractivity contribution in [1.29, 1.82) is 0 Å². The van der Waals surface area contributed by atoms with Gasteiger partial charge in [0.2, 0.25) is 0 Å². The summed E-state index contributed by atoms with van der Waals surface area (Å²) in [7, 11) is 0. The van der Waals surface area contributed by atoms with Crippen LogP contribution in [-0.2, 0) is 6.42 Å². The monoisotopic (exact) mass is 388 g/mol. The Labute approximate surface area is 172 Å². The van der Waals surface area contributed by atoms with Crippen molar-refractivity contribution in [1.82, 2.24) is 24.7 Å². The van der Waals surface area contributed by atoms with Crippen molar-refractivity contribution in [2.45, 2.75) is 53.5 Å². The van der Waals surface area contributed by atoms with Crippen LogP contribution >= 0.6 is 0 Å². The van der Waals surface area contributed by atoms with Crippen molar-refractivity contribution in [2.24, 2.45) is 0 Å². The minimum atomic E-state index is 0.430. The molecule has 0 aliphatic carbocycles. The normalized spacial score (nSPS) is 14.5. The van der Waals surface area contributed by atoms with Crippen LogP contribution in [0.3, 0.4) is 0 Å². The summed E-state index contributed by atoms with van der Waals surface area (Å²) < 4.78 is 1.78.